The van der Waals surface area contributed by atoms with Crippen molar-refractivity contribution in [1.82, 2.24) is 0 Å². The second kappa shape index (κ2) is 11.7. The van der Waals surface area contributed by atoms with Crippen LogP contribution in [0.5, 0.6) is 0 Å². The molecule has 0 unspecified atom stereocenters. The number of rotatable bonds is 6. The summed E-state index contributed by atoms with van der Waals surface area (Å²) in [7, 11) is 0. The fourth-order valence-corrected chi connectivity index (χ4v) is 1.63. The van der Waals surface area contributed by atoms with Crippen LogP contribution in [0.4, 0.5) is 0 Å². The normalized spacial score (nSPS) is 12.0. The van der Waals surface area contributed by atoms with E-state index in [1.165, 1.54) is 0 Å². The van der Waals surface area contributed by atoms with Crippen LogP contribution in [-0.2, 0) is 0 Å². The number of hydrogen-bond donors (Lipinski definition) is 1. The lowest BCUT2D eigenvalue weighted by Gasteiger charge is -2.05. The maximum atomic E-state index is 12.4. The molecule has 0 heterocycles. The first-order valence-corrected chi connectivity index (χ1v) is 7.56. The van der Waals surface area contributed by atoms with E-state index in [0.29, 0.717) is 17.6 Å². The summed E-state index contributed by atoms with van der Waals surface area (Å²) in [5.41, 5.74) is 0.910. The Bertz CT molecular complexity index is 494. The van der Waals surface area contributed by atoms with E-state index in [1.54, 1.807) is 30.4 Å². The van der Waals surface area contributed by atoms with Gasteiger partial charge in [0.25, 0.3) is 0 Å². The van der Waals surface area contributed by atoms with Crippen LogP contribution in [0.2, 0.25) is 0 Å². The number of Topliss-reactive ketones (excluding diaryl/α,β-unsaturated/α-hetero) is 1. The van der Waals surface area contributed by atoms with Crippen molar-refractivity contribution in [2.75, 3.05) is 0 Å². The van der Waals surface area contributed by atoms with Crippen LogP contribution in [0.15, 0.2) is 66.0 Å². The minimum atomic E-state index is -0.163. The van der Waals surface area contributed by atoms with Gasteiger partial charge in [-0.1, -0.05) is 70.2 Å². The molecule has 0 atom stereocenters. The van der Waals surface area contributed by atoms with E-state index in [4.69, 9.17) is 0 Å². The van der Waals surface area contributed by atoms with Gasteiger partial charge in [0.15, 0.2) is 5.78 Å². The highest BCUT2D eigenvalue weighted by Crippen LogP contribution is 2.15. The maximum Gasteiger partial charge on any atom is 0.196 e. The summed E-state index contributed by atoms with van der Waals surface area (Å²) in [5, 5.41) is 9.98. The molecule has 0 saturated heterocycles. The number of aliphatic hydroxyl groups is 1. The van der Waals surface area contributed by atoms with Gasteiger partial charge >= 0.3 is 0 Å². The van der Waals surface area contributed by atoms with Crippen LogP contribution in [-0.4, -0.2) is 10.9 Å². The van der Waals surface area contributed by atoms with Crippen LogP contribution in [0.3, 0.4) is 0 Å². The van der Waals surface area contributed by atoms with Gasteiger partial charge < -0.3 is 5.11 Å². The summed E-state index contributed by atoms with van der Waals surface area (Å²) in [6.45, 7) is 7.94. The van der Waals surface area contributed by atoms with Crippen LogP contribution in [0, 0.1) is 0 Å². The van der Waals surface area contributed by atoms with Gasteiger partial charge in [0.05, 0.1) is 5.57 Å². The van der Waals surface area contributed by atoms with Crippen molar-refractivity contribution in [1.29, 1.82) is 0 Å². The number of carbonyl (C=O) groups excluding carboxylic acids is 1. The van der Waals surface area contributed by atoms with Gasteiger partial charge in [-0.05, 0) is 25.0 Å². The lowest BCUT2D eigenvalue weighted by Crippen LogP contribution is -2.05. The lowest BCUT2D eigenvalue weighted by molar-refractivity contribution is 0.103. The topological polar surface area (TPSA) is 37.3 Å². The standard InChI is InChI=1S/C17H20O2.C2H6/c1-3-5-7-13-15(16(18)10-4-2)17(19)14-11-8-6-9-12-14;1-2/h5-13,18H,3-4H2,1-2H3;1-2H3/b7-5-,15-13+,16-10+;. The maximum absolute atomic E-state index is 12.4. The lowest BCUT2D eigenvalue weighted by atomic mass is 10.0. The number of benzene rings is 1. The Hall–Kier alpha value is -2.09. The Morgan fingerprint density at radius 3 is 2.24 bits per heavy atom. The van der Waals surface area contributed by atoms with E-state index in [2.05, 4.69) is 0 Å². The summed E-state index contributed by atoms with van der Waals surface area (Å²) >= 11 is 0. The summed E-state index contributed by atoms with van der Waals surface area (Å²) in [4.78, 5) is 12.4. The van der Waals surface area contributed by atoms with Crippen molar-refractivity contribution in [2.45, 2.75) is 40.5 Å². The van der Waals surface area contributed by atoms with E-state index < -0.39 is 0 Å². The molecular weight excluding hydrogens is 260 g/mol. The molecule has 0 fully saturated rings. The smallest absolute Gasteiger partial charge is 0.196 e. The molecule has 0 spiro atoms. The third kappa shape index (κ3) is 6.75. The monoisotopic (exact) mass is 286 g/mol. The fraction of sp³-hybridized carbons (Fsp3) is 0.316. The largest absolute Gasteiger partial charge is 0.508 e. The molecule has 0 aliphatic heterocycles. The molecule has 0 aromatic heterocycles. The number of carbonyl (C=O) groups is 1. The van der Waals surface area contributed by atoms with Gasteiger partial charge in [-0.25, -0.2) is 0 Å². The number of ketones is 1. The van der Waals surface area contributed by atoms with Crippen molar-refractivity contribution < 1.29 is 9.90 Å². The molecule has 0 aliphatic rings. The number of allylic oxidation sites excluding steroid dienone is 5. The van der Waals surface area contributed by atoms with Gasteiger partial charge in [-0.15, -0.1) is 0 Å². The minimum Gasteiger partial charge on any atom is -0.508 e. The summed E-state index contributed by atoms with van der Waals surface area (Å²) < 4.78 is 0. The van der Waals surface area contributed by atoms with Crippen LogP contribution >= 0.6 is 0 Å². The minimum absolute atomic E-state index is 0.0390. The first-order valence-electron chi connectivity index (χ1n) is 7.56. The molecule has 2 heteroatoms. The van der Waals surface area contributed by atoms with E-state index in [-0.39, 0.29) is 11.5 Å². The van der Waals surface area contributed by atoms with E-state index in [9.17, 15) is 9.90 Å². The quantitative estimate of drug-likeness (QED) is 0.318. The predicted molar refractivity (Wildman–Crippen MR) is 90.6 cm³/mol. The van der Waals surface area contributed by atoms with Crippen LogP contribution in [0.25, 0.3) is 0 Å². The summed E-state index contributed by atoms with van der Waals surface area (Å²) in [6.07, 6.45) is 8.63. The Balaban J connectivity index is 0.00000191. The third-order valence-corrected chi connectivity index (χ3v) is 2.59. The van der Waals surface area contributed by atoms with Gasteiger partial charge in [0, 0.05) is 5.56 Å². The molecule has 1 aromatic carbocycles. The van der Waals surface area contributed by atoms with Gasteiger partial charge in [0.1, 0.15) is 5.76 Å². The Kier molecular flexibility index (Phi) is 10.5. The van der Waals surface area contributed by atoms with Gasteiger partial charge in [-0.3, -0.25) is 4.79 Å². The zero-order chi connectivity index (χ0) is 16.1. The van der Waals surface area contributed by atoms with Crippen molar-refractivity contribution in [3.63, 3.8) is 0 Å². The second-order valence-corrected chi connectivity index (χ2v) is 4.11. The van der Waals surface area contributed by atoms with E-state index >= 15 is 0 Å². The molecule has 114 valence electrons. The molecule has 0 amide bonds. The van der Waals surface area contributed by atoms with Crippen molar-refractivity contribution in [2.24, 2.45) is 0 Å². The Labute approximate surface area is 128 Å². The molecule has 2 nitrogen and oxygen atoms in total. The molecule has 0 aliphatic carbocycles. The zero-order valence-electron chi connectivity index (χ0n) is 13.5. The summed E-state index contributed by atoms with van der Waals surface area (Å²) in [6, 6.07) is 8.98. The first-order chi connectivity index (χ1) is 10.2. The average Bonchev–Trinajstić information content (AvgIpc) is 2.54. The molecule has 21 heavy (non-hydrogen) atoms. The SMILES string of the molecule is CC.CC\C=C/C=C(C(=O)c1ccccc1)\C(O)=C/CC. The predicted octanol–water partition coefficient (Wildman–Crippen LogP) is 5.64. The highest BCUT2D eigenvalue weighted by molar-refractivity contribution is 6.11. The highest BCUT2D eigenvalue weighted by atomic mass is 16.3. The molecule has 1 aromatic rings. The van der Waals surface area contributed by atoms with Gasteiger partial charge in [-0.2, -0.15) is 0 Å². The molecule has 1 rings (SSSR count). The molecule has 0 radical (unpaired) electrons. The van der Waals surface area contributed by atoms with Crippen molar-refractivity contribution in [3.05, 3.63) is 71.5 Å². The third-order valence-electron chi connectivity index (χ3n) is 2.59. The van der Waals surface area contributed by atoms with Crippen LogP contribution < -0.4 is 0 Å². The van der Waals surface area contributed by atoms with E-state index in [1.807, 2.05) is 52.0 Å². The van der Waals surface area contributed by atoms with Gasteiger partial charge in [0.2, 0.25) is 0 Å². The number of hydrogen-bond acceptors (Lipinski definition) is 2. The Morgan fingerprint density at radius 2 is 1.71 bits per heavy atom. The first kappa shape index (κ1) is 18.9. The molecular formula is C19H26O2. The second-order valence-electron chi connectivity index (χ2n) is 4.11. The van der Waals surface area contributed by atoms with Crippen LogP contribution in [0.1, 0.15) is 50.9 Å². The average molecular weight is 286 g/mol. The van der Waals surface area contributed by atoms with Crippen molar-refractivity contribution >= 4 is 5.78 Å². The molecule has 0 saturated carbocycles. The van der Waals surface area contributed by atoms with Crippen molar-refractivity contribution in [3.8, 4) is 0 Å². The van der Waals surface area contributed by atoms with E-state index in [0.717, 1.165) is 6.42 Å². The number of aliphatic hydroxyl groups excluding tert-OH is 1. The molecule has 0 bridgehead atoms. The highest BCUT2D eigenvalue weighted by Gasteiger charge is 2.14. The summed E-state index contributed by atoms with van der Waals surface area (Å²) in [5.74, 6) is -0.124. The fourth-order valence-electron chi connectivity index (χ4n) is 1.63. The zero-order valence-corrected chi connectivity index (χ0v) is 13.5. The molecule has 1 N–H and O–H groups in total. The Morgan fingerprint density at radius 1 is 1.10 bits per heavy atom.